The molecular weight excluding hydrogens is 568 g/mol. The van der Waals surface area contributed by atoms with Gasteiger partial charge in [-0.2, -0.15) is 0 Å². The van der Waals surface area contributed by atoms with Crippen LogP contribution in [0.1, 0.15) is 45.5 Å². The molecule has 4 heterocycles. The minimum absolute atomic E-state index is 0.00157. The van der Waals surface area contributed by atoms with Crippen molar-refractivity contribution in [2.45, 2.75) is 37.8 Å². The molecule has 45 heavy (non-hydrogen) atoms. The summed E-state index contributed by atoms with van der Waals surface area (Å²) in [6, 6.07) is 19.9. The van der Waals surface area contributed by atoms with Crippen LogP contribution in [0.3, 0.4) is 0 Å². The molecule has 8 nitrogen and oxygen atoms in total. The highest BCUT2D eigenvalue weighted by atomic mass is 16.5. The molecule has 0 spiro atoms. The Hall–Kier alpha value is -4.40. The normalized spacial score (nSPS) is 20.2. The highest BCUT2D eigenvalue weighted by Gasteiger charge is 2.41. The van der Waals surface area contributed by atoms with E-state index >= 15 is 0 Å². The zero-order valence-electron chi connectivity index (χ0n) is 26.6. The third kappa shape index (κ3) is 5.22. The van der Waals surface area contributed by atoms with Crippen molar-refractivity contribution in [1.29, 1.82) is 0 Å². The summed E-state index contributed by atoms with van der Waals surface area (Å²) in [6.45, 7) is 1.84. The van der Waals surface area contributed by atoms with E-state index in [1.54, 1.807) is 20.3 Å². The van der Waals surface area contributed by atoms with Crippen LogP contribution in [-0.4, -0.2) is 68.0 Å². The van der Waals surface area contributed by atoms with Crippen LogP contribution in [0, 0.1) is 0 Å². The lowest BCUT2D eigenvalue weighted by molar-refractivity contribution is -0.923. The van der Waals surface area contributed by atoms with Gasteiger partial charge in [0.25, 0.3) is 0 Å². The summed E-state index contributed by atoms with van der Waals surface area (Å²) in [5.41, 5.74) is 6.66. The summed E-state index contributed by atoms with van der Waals surface area (Å²) in [6.07, 6.45) is 3.16. The van der Waals surface area contributed by atoms with Gasteiger partial charge in [-0.25, -0.2) is 0 Å². The summed E-state index contributed by atoms with van der Waals surface area (Å²) in [5.74, 6) is 3.14. The lowest BCUT2D eigenvalue weighted by Gasteiger charge is -2.43. The van der Waals surface area contributed by atoms with Crippen molar-refractivity contribution in [2.24, 2.45) is 0 Å². The molecule has 8 heteroatoms. The number of aromatic hydroxyl groups is 2. The largest absolute Gasteiger partial charge is 0.504 e. The molecule has 0 saturated heterocycles. The van der Waals surface area contributed by atoms with Gasteiger partial charge in [-0.3, -0.25) is 4.90 Å². The zero-order valence-corrected chi connectivity index (χ0v) is 26.6. The first-order chi connectivity index (χ1) is 21.6. The maximum absolute atomic E-state index is 11.5. The lowest BCUT2D eigenvalue weighted by atomic mass is 9.86. The molecule has 4 aromatic carbocycles. The quantitative estimate of drug-likeness (QED) is 0.245. The van der Waals surface area contributed by atoms with E-state index in [0.717, 1.165) is 49.0 Å². The standard InChI is InChI=1S/C37H40N2O6/c1-38-14-12-24-19-32(42-4)33-21-27(24)28(38)16-22-6-9-26(10-7-22)44-37-35-25(20-34(43-5)36(37)41)13-15-39(2,3)29(35)17-23-8-11-30(40)31(18-23)45-33/h6-11,18-21,28-29H,12-17H2,1-5H3,(H-,40,41)/p+1/t28-,29-/m1/s1. The molecule has 0 aromatic heterocycles. The number of nitrogens with zero attached hydrogens (tertiary/aromatic N) is 2. The summed E-state index contributed by atoms with van der Waals surface area (Å²) in [4.78, 5) is 2.38. The van der Waals surface area contributed by atoms with E-state index in [9.17, 15) is 10.2 Å². The number of phenolic OH excluding ortho intramolecular Hbond substituents is 2. The average molecular weight is 610 g/mol. The first-order valence-corrected chi connectivity index (χ1v) is 15.6. The molecule has 0 radical (unpaired) electrons. The highest BCUT2D eigenvalue weighted by Crippen LogP contribution is 2.51. The number of rotatable bonds is 2. The van der Waals surface area contributed by atoms with Gasteiger partial charge in [0.2, 0.25) is 5.75 Å². The first-order valence-electron chi connectivity index (χ1n) is 15.6. The van der Waals surface area contributed by atoms with Crippen LogP contribution in [0.15, 0.2) is 60.7 Å². The van der Waals surface area contributed by atoms with Crippen LogP contribution in [0.4, 0.5) is 0 Å². The Bertz CT molecular complexity index is 1770. The molecule has 234 valence electrons. The Morgan fingerprint density at radius 3 is 2.29 bits per heavy atom. The van der Waals surface area contributed by atoms with Crippen molar-refractivity contribution in [3.05, 3.63) is 94.0 Å². The summed E-state index contributed by atoms with van der Waals surface area (Å²) in [7, 11) is 9.80. The summed E-state index contributed by atoms with van der Waals surface area (Å²) in [5, 5.41) is 22.4. The third-order valence-corrected chi connectivity index (χ3v) is 9.99. The van der Waals surface area contributed by atoms with Crippen LogP contribution < -0.4 is 18.9 Å². The Balaban J connectivity index is 1.43. The monoisotopic (exact) mass is 609 g/mol. The summed E-state index contributed by atoms with van der Waals surface area (Å²) < 4.78 is 25.2. The van der Waals surface area contributed by atoms with Crippen molar-refractivity contribution in [3.8, 4) is 46.0 Å². The van der Waals surface area contributed by atoms with Crippen molar-refractivity contribution in [2.75, 3.05) is 48.5 Å². The van der Waals surface area contributed by atoms with Crippen LogP contribution in [-0.2, 0) is 25.7 Å². The zero-order chi connectivity index (χ0) is 31.5. The Morgan fingerprint density at radius 2 is 1.53 bits per heavy atom. The number of likely N-dealkylation sites (N-methyl/N-ethyl adjacent to an activating group) is 2. The minimum Gasteiger partial charge on any atom is -0.504 e. The van der Waals surface area contributed by atoms with E-state index in [2.05, 4.69) is 50.3 Å². The van der Waals surface area contributed by atoms with Crippen molar-refractivity contribution < 1.29 is 33.6 Å². The number of benzene rings is 4. The van der Waals surface area contributed by atoms with E-state index in [0.29, 0.717) is 45.4 Å². The second-order valence-corrected chi connectivity index (χ2v) is 13.1. The van der Waals surface area contributed by atoms with Gasteiger partial charge >= 0.3 is 0 Å². The molecule has 0 fully saturated rings. The fourth-order valence-electron chi connectivity index (χ4n) is 7.27. The van der Waals surface area contributed by atoms with Crippen molar-refractivity contribution in [1.82, 2.24) is 4.90 Å². The molecule has 0 unspecified atom stereocenters. The molecule has 0 aliphatic carbocycles. The van der Waals surface area contributed by atoms with Crippen LogP contribution in [0.2, 0.25) is 0 Å². The van der Waals surface area contributed by atoms with Gasteiger partial charge in [0.05, 0.1) is 40.4 Å². The van der Waals surface area contributed by atoms with Crippen LogP contribution in [0.25, 0.3) is 0 Å². The Kier molecular flexibility index (Phi) is 7.29. The SMILES string of the molecule is COc1cc2c3cc1Oc1cc(ccc1O)C[C@@H]1c4c(cc(OC)c(O)c4Oc4ccc(cc4)C[C@H]3N(C)CC2)CC[N+]1(C)C. The smallest absolute Gasteiger partial charge is 0.201 e. The van der Waals surface area contributed by atoms with Gasteiger partial charge in [0.15, 0.2) is 34.5 Å². The number of fused-ring (bicyclic) bond motifs is 2. The molecule has 6 bridgehead atoms. The number of phenols is 2. The fourth-order valence-corrected chi connectivity index (χ4v) is 7.27. The molecule has 4 aromatic rings. The molecule has 4 aliphatic heterocycles. The van der Waals surface area contributed by atoms with E-state index < -0.39 is 0 Å². The molecule has 2 atom stereocenters. The molecule has 0 amide bonds. The maximum Gasteiger partial charge on any atom is 0.201 e. The Morgan fingerprint density at radius 1 is 0.800 bits per heavy atom. The lowest BCUT2D eigenvalue weighted by Crippen LogP contribution is -2.48. The van der Waals surface area contributed by atoms with E-state index in [-0.39, 0.29) is 23.6 Å². The van der Waals surface area contributed by atoms with E-state index in [4.69, 9.17) is 18.9 Å². The molecule has 4 aliphatic rings. The van der Waals surface area contributed by atoms with Gasteiger partial charge in [-0.1, -0.05) is 18.2 Å². The van der Waals surface area contributed by atoms with Crippen molar-refractivity contribution in [3.63, 3.8) is 0 Å². The van der Waals surface area contributed by atoms with Gasteiger partial charge in [-0.15, -0.1) is 0 Å². The predicted molar refractivity (Wildman–Crippen MR) is 172 cm³/mol. The molecular formula is C37H41N2O6+. The Labute approximate surface area is 264 Å². The second kappa shape index (κ2) is 11.2. The molecule has 0 saturated carbocycles. The third-order valence-electron chi connectivity index (χ3n) is 9.99. The predicted octanol–water partition coefficient (Wildman–Crippen LogP) is 6.70. The van der Waals surface area contributed by atoms with Gasteiger partial charge < -0.3 is 33.6 Å². The van der Waals surface area contributed by atoms with Crippen LogP contribution >= 0.6 is 0 Å². The van der Waals surface area contributed by atoms with Gasteiger partial charge in [0, 0.05) is 25.4 Å². The minimum atomic E-state index is -0.0503. The number of quaternary nitrogens is 1. The topological polar surface area (TPSA) is 80.6 Å². The van der Waals surface area contributed by atoms with Gasteiger partial charge in [0.1, 0.15) is 11.8 Å². The maximum atomic E-state index is 11.5. The first kappa shape index (κ1) is 29.3. The highest BCUT2D eigenvalue weighted by molar-refractivity contribution is 5.61. The fraction of sp³-hybridized carbons (Fsp3) is 0.351. The number of ether oxygens (including phenoxy) is 4. The number of hydrogen-bond donors (Lipinski definition) is 2. The number of hydrogen-bond acceptors (Lipinski definition) is 7. The van der Waals surface area contributed by atoms with Gasteiger partial charge in [-0.05, 0) is 90.2 Å². The van der Waals surface area contributed by atoms with Crippen molar-refractivity contribution >= 4 is 0 Å². The number of methoxy groups -OCH3 is 2. The second-order valence-electron chi connectivity index (χ2n) is 13.1. The van der Waals surface area contributed by atoms with E-state index in [1.807, 2.05) is 30.3 Å². The summed E-state index contributed by atoms with van der Waals surface area (Å²) >= 11 is 0. The van der Waals surface area contributed by atoms with E-state index in [1.165, 1.54) is 16.7 Å². The molecule has 2 N–H and O–H groups in total. The molecule has 8 rings (SSSR count). The average Bonchev–Trinajstić information content (AvgIpc) is 3.03. The van der Waals surface area contributed by atoms with Crippen LogP contribution in [0.5, 0.6) is 46.0 Å².